The second kappa shape index (κ2) is 8.75. The highest BCUT2D eigenvalue weighted by Crippen LogP contribution is 2.34. The smallest absolute Gasteiger partial charge is 0.336 e. The summed E-state index contributed by atoms with van der Waals surface area (Å²) in [5.41, 5.74) is 3.22. The van der Waals surface area contributed by atoms with E-state index in [0.29, 0.717) is 29.0 Å². The highest BCUT2D eigenvalue weighted by Gasteiger charge is 2.36. The zero-order chi connectivity index (χ0) is 20.1. The lowest BCUT2D eigenvalue weighted by molar-refractivity contribution is -0.143. The minimum Gasteiger partial charge on any atom is -0.497 e. The molecule has 0 aromatic heterocycles. The van der Waals surface area contributed by atoms with Gasteiger partial charge in [-0.1, -0.05) is 12.1 Å². The van der Waals surface area contributed by atoms with Gasteiger partial charge in [0.25, 0.3) is 0 Å². The molecule has 0 fully saturated rings. The van der Waals surface area contributed by atoms with Gasteiger partial charge in [-0.2, -0.15) is 0 Å². The predicted octanol–water partition coefficient (Wildman–Crippen LogP) is 3.13. The molecule has 0 radical (unpaired) electrons. The van der Waals surface area contributed by atoms with Gasteiger partial charge in [0.05, 0.1) is 31.5 Å². The van der Waals surface area contributed by atoms with Crippen molar-refractivity contribution in [2.75, 3.05) is 14.2 Å². The van der Waals surface area contributed by atoms with Gasteiger partial charge >= 0.3 is 11.9 Å². The third-order valence-corrected chi connectivity index (χ3v) is 4.45. The lowest BCUT2D eigenvalue weighted by Gasteiger charge is -2.30. The van der Waals surface area contributed by atoms with Crippen molar-refractivity contribution >= 4 is 11.9 Å². The van der Waals surface area contributed by atoms with E-state index in [1.54, 1.807) is 27.9 Å². The second-order valence-corrected chi connectivity index (χ2v) is 6.75. The average Bonchev–Trinajstić information content (AvgIpc) is 2.61. The van der Waals surface area contributed by atoms with Crippen LogP contribution < -0.4 is 10.1 Å². The van der Waals surface area contributed by atoms with Crippen LogP contribution in [0.25, 0.3) is 0 Å². The summed E-state index contributed by atoms with van der Waals surface area (Å²) in [4.78, 5) is 25.2. The normalized spacial score (nSPS) is 16.9. The molecule has 1 aromatic carbocycles. The number of hydrogen-bond acceptors (Lipinski definition) is 6. The molecule has 0 aliphatic carbocycles. The van der Waals surface area contributed by atoms with Crippen LogP contribution in [0.3, 0.4) is 0 Å². The topological polar surface area (TPSA) is 73.9 Å². The Morgan fingerprint density at radius 2 is 1.56 bits per heavy atom. The van der Waals surface area contributed by atoms with E-state index < -0.39 is 17.9 Å². The zero-order valence-corrected chi connectivity index (χ0v) is 16.7. The van der Waals surface area contributed by atoms with Crippen LogP contribution in [0.4, 0.5) is 0 Å². The predicted molar refractivity (Wildman–Crippen MR) is 102 cm³/mol. The summed E-state index contributed by atoms with van der Waals surface area (Å²) in [5, 5.41) is 3.12. The summed E-state index contributed by atoms with van der Waals surface area (Å²) in [6.45, 7) is 7.21. The molecule has 1 unspecified atom stereocenters. The van der Waals surface area contributed by atoms with Gasteiger partial charge in [0.1, 0.15) is 5.75 Å². The summed E-state index contributed by atoms with van der Waals surface area (Å²) >= 11 is 0. The fraction of sp³-hybridized carbons (Fsp3) is 0.429. The largest absolute Gasteiger partial charge is 0.497 e. The van der Waals surface area contributed by atoms with E-state index in [0.717, 1.165) is 11.3 Å². The zero-order valence-electron chi connectivity index (χ0n) is 16.7. The van der Waals surface area contributed by atoms with Crippen molar-refractivity contribution in [1.82, 2.24) is 5.32 Å². The molecule has 1 heterocycles. The number of rotatable bonds is 6. The van der Waals surface area contributed by atoms with E-state index in [2.05, 4.69) is 5.32 Å². The van der Waals surface area contributed by atoms with Crippen LogP contribution in [-0.2, 0) is 25.5 Å². The Balaban J connectivity index is 2.47. The van der Waals surface area contributed by atoms with Crippen LogP contribution >= 0.6 is 0 Å². The van der Waals surface area contributed by atoms with Gasteiger partial charge in [0, 0.05) is 17.3 Å². The van der Waals surface area contributed by atoms with Crippen LogP contribution in [-0.4, -0.2) is 32.3 Å². The summed E-state index contributed by atoms with van der Waals surface area (Å²) in [6.07, 6.45) is 0.209. The molecule has 6 nitrogen and oxygen atoms in total. The minimum absolute atomic E-state index is 0.256. The van der Waals surface area contributed by atoms with Crippen molar-refractivity contribution in [3.63, 3.8) is 0 Å². The number of nitrogens with one attached hydrogen (secondary N) is 1. The highest BCUT2D eigenvalue weighted by molar-refractivity contribution is 5.97. The number of benzene rings is 1. The molecule has 1 N–H and O–H groups in total. The van der Waals surface area contributed by atoms with E-state index in [9.17, 15) is 9.59 Å². The fourth-order valence-electron chi connectivity index (χ4n) is 3.26. The van der Waals surface area contributed by atoms with E-state index >= 15 is 0 Å². The Labute approximate surface area is 160 Å². The first-order chi connectivity index (χ1) is 12.8. The Hall–Kier alpha value is -2.76. The number of esters is 2. The van der Waals surface area contributed by atoms with Gasteiger partial charge in [0.2, 0.25) is 0 Å². The Morgan fingerprint density at radius 1 is 1.00 bits per heavy atom. The van der Waals surface area contributed by atoms with Gasteiger partial charge in [-0.3, -0.25) is 0 Å². The molecule has 146 valence electrons. The van der Waals surface area contributed by atoms with E-state index in [1.165, 1.54) is 7.11 Å². The summed E-state index contributed by atoms with van der Waals surface area (Å²) in [5.74, 6) is -0.600. The van der Waals surface area contributed by atoms with Gasteiger partial charge in [-0.05, 0) is 51.8 Å². The quantitative estimate of drug-likeness (QED) is 0.773. The van der Waals surface area contributed by atoms with E-state index in [1.807, 2.05) is 31.2 Å². The van der Waals surface area contributed by atoms with Gasteiger partial charge < -0.3 is 19.5 Å². The second-order valence-electron chi connectivity index (χ2n) is 6.75. The lowest BCUT2D eigenvalue weighted by atomic mass is 9.81. The molecule has 1 aromatic rings. The monoisotopic (exact) mass is 373 g/mol. The first-order valence-corrected chi connectivity index (χ1v) is 8.89. The molecule has 0 bridgehead atoms. The number of carbonyl (C=O) groups is 2. The van der Waals surface area contributed by atoms with Crippen molar-refractivity contribution in [1.29, 1.82) is 0 Å². The number of dihydropyridines is 1. The van der Waals surface area contributed by atoms with Crippen molar-refractivity contribution < 1.29 is 23.8 Å². The Bertz CT molecular complexity index is 774. The van der Waals surface area contributed by atoms with Crippen molar-refractivity contribution in [3.05, 3.63) is 52.4 Å². The van der Waals surface area contributed by atoms with E-state index in [4.69, 9.17) is 14.2 Å². The molecule has 1 aliphatic rings. The molecular weight excluding hydrogens is 346 g/mol. The van der Waals surface area contributed by atoms with Crippen LogP contribution in [0.2, 0.25) is 0 Å². The first-order valence-electron chi connectivity index (χ1n) is 8.89. The average molecular weight is 373 g/mol. The SMILES string of the molecule is COC(=O)C1=C(C)NC(C)=C(C(=O)OC(C)C)C1Cc1ccc(OC)cc1. The molecule has 27 heavy (non-hydrogen) atoms. The molecule has 6 heteroatoms. The van der Waals surface area contributed by atoms with Gasteiger partial charge in [0.15, 0.2) is 0 Å². The van der Waals surface area contributed by atoms with Gasteiger partial charge in [-0.25, -0.2) is 9.59 Å². The number of allylic oxidation sites excluding steroid dienone is 2. The number of hydrogen-bond donors (Lipinski definition) is 1. The first kappa shape index (κ1) is 20.6. The molecule has 1 aliphatic heterocycles. The maximum atomic E-state index is 12.8. The number of carbonyl (C=O) groups excluding carboxylic acids is 2. The van der Waals surface area contributed by atoms with Crippen LogP contribution in [0.5, 0.6) is 5.75 Å². The minimum atomic E-state index is -0.460. The highest BCUT2D eigenvalue weighted by atomic mass is 16.5. The molecule has 0 saturated heterocycles. The van der Waals surface area contributed by atoms with E-state index in [-0.39, 0.29) is 6.10 Å². The molecule has 0 saturated carbocycles. The summed E-state index contributed by atoms with van der Waals surface area (Å²) in [6, 6.07) is 7.55. The molecule has 2 rings (SSSR count). The molecule has 0 amide bonds. The maximum absolute atomic E-state index is 12.8. The summed E-state index contributed by atoms with van der Waals surface area (Å²) < 4.78 is 15.6. The van der Waals surface area contributed by atoms with Crippen LogP contribution in [0.15, 0.2) is 46.8 Å². The maximum Gasteiger partial charge on any atom is 0.336 e. The summed E-state index contributed by atoms with van der Waals surface area (Å²) in [7, 11) is 2.94. The van der Waals surface area contributed by atoms with Crippen molar-refractivity contribution in [2.45, 2.75) is 40.2 Å². The van der Waals surface area contributed by atoms with Crippen molar-refractivity contribution in [3.8, 4) is 5.75 Å². The molecular formula is C21H27NO5. The molecule has 1 atom stereocenters. The number of ether oxygens (including phenoxy) is 3. The molecule has 0 spiro atoms. The Kier molecular flexibility index (Phi) is 6.66. The number of methoxy groups -OCH3 is 2. The third-order valence-electron chi connectivity index (χ3n) is 4.45. The van der Waals surface area contributed by atoms with Crippen molar-refractivity contribution in [2.24, 2.45) is 5.92 Å². The Morgan fingerprint density at radius 3 is 2.04 bits per heavy atom. The van der Waals surface area contributed by atoms with Gasteiger partial charge in [-0.15, -0.1) is 0 Å². The van der Waals surface area contributed by atoms with Crippen LogP contribution in [0, 0.1) is 5.92 Å². The lowest BCUT2D eigenvalue weighted by Crippen LogP contribution is -2.35. The third kappa shape index (κ3) is 4.70. The fourth-order valence-corrected chi connectivity index (χ4v) is 3.26. The standard InChI is InChI=1S/C21H27NO5/c1-12(2)27-21(24)19-14(4)22-13(3)18(20(23)26-6)17(19)11-15-7-9-16(25-5)10-8-15/h7-10,12,17,22H,11H2,1-6H3. The van der Waals surface area contributed by atoms with Crippen LogP contribution in [0.1, 0.15) is 33.3 Å².